The van der Waals surface area contributed by atoms with E-state index in [-0.39, 0.29) is 17.2 Å². The molecule has 0 bridgehead atoms. The SMILES string of the molecule is C=CCNC(=O)CSc1nc2scc(-c3ccccc3)c2c(=O)n1N. The number of carbonyl (C=O) groups is 1. The zero-order valence-electron chi connectivity index (χ0n) is 13.3. The largest absolute Gasteiger partial charge is 0.352 e. The van der Waals surface area contributed by atoms with Crippen molar-refractivity contribution in [1.82, 2.24) is 15.0 Å². The Morgan fingerprint density at radius 3 is 2.88 bits per heavy atom. The van der Waals surface area contributed by atoms with Gasteiger partial charge in [0.05, 0.1) is 11.1 Å². The molecule has 0 spiro atoms. The molecule has 1 aromatic carbocycles. The lowest BCUT2D eigenvalue weighted by molar-refractivity contribution is -0.118. The Morgan fingerprint density at radius 1 is 1.40 bits per heavy atom. The maximum absolute atomic E-state index is 12.7. The number of hydrogen-bond acceptors (Lipinski definition) is 6. The maximum atomic E-state index is 12.7. The molecule has 0 aliphatic carbocycles. The van der Waals surface area contributed by atoms with Gasteiger partial charge in [-0.05, 0) is 5.56 Å². The third-order valence-electron chi connectivity index (χ3n) is 3.47. The van der Waals surface area contributed by atoms with E-state index < -0.39 is 0 Å². The predicted octanol–water partition coefficient (Wildman–Crippen LogP) is 2.23. The molecule has 0 saturated heterocycles. The summed E-state index contributed by atoms with van der Waals surface area (Å²) in [6, 6.07) is 9.63. The van der Waals surface area contributed by atoms with Gasteiger partial charge in [0.15, 0.2) is 5.16 Å². The van der Waals surface area contributed by atoms with E-state index >= 15 is 0 Å². The van der Waals surface area contributed by atoms with E-state index in [4.69, 9.17) is 5.84 Å². The fourth-order valence-electron chi connectivity index (χ4n) is 2.28. The van der Waals surface area contributed by atoms with E-state index in [0.29, 0.717) is 21.9 Å². The average Bonchev–Trinajstić information content (AvgIpc) is 3.06. The fraction of sp³-hybridized carbons (Fsp3) is 0.118. The molecule has 2 aromatic heterocycles. The maximum Gasteiger partial charge on any atom is 0.282 e. The lowest BCUT2D eigenvalue weighted by Crippen LogP contribution is -2.30. The third kappa shape index (κ3) is 3.59. The normalized spacial score (nSPS) is 10.7. The van der Waals surface area contributed by atoms with Crippen molar-refractivity contribution in [2.75, 3.05) is 18.1 Å². The van der Waals surface area contributed by atoms with Gasteiger partial charge in [-0.2, -0.15) is 0 Å². The van der Waals surface area contributed by atoms with E-state index in [1.54, 1.807) is 6.08 Å². The van der Waals surface area contributed by atoms with Gasteiger partial charge < -0.3 is 11.2 Å². The predicted molar refractivity (Wildman–Crippen MR) is 103 cm³/mol. The number of fused-ring (bicyclic) bond motifs is 1. The van der Waals surface area contributed by atoms with E-state index in [2.05, 4.69) is 16.9 Å². The first-order valence-electron chi connectivity index (χ1n) is 7.47. The van der Waals surface area contributed by atoms with Crippen LogP contribution in [0.2, 0.25) is 0 Å². The van der Waals surface area contributed by atoms with Gasteiger partial charge in [0.1, 0.15) is 4.83 Å². The van der Waals surface area contributed by atoms with Crippen LogP contribution >= 0.6 is 23.1 Å². The topological polar surface area (TPSA) is 90.0 Å². The van der Waals surface area contributed by atoms with Crippen molar-refractivity contribution >= 4 is 39.2 Å². The minimum atomic E-state index is -0.320. The summed E-state index contributed by atoms with van der Waals surface area (Å²) >= 11 is 2.51. The van der Waals surface area contributed by atoms with E-state index in [0.717, 1.165) is 27.6 Å². The Kier molecular flexibility index (Phi) is 5.20. The number of thioether (sulfide) groups is 1. The van der Waals surface area contributed by atoms with Gasteiger partial charge in [-0.3, -0.25) is 9.59 Å². The molecule has 0 saturated carbocycles. The summed E-state index contributed by atoms with van der Waals surface area (Å²) in [5.41, 5.74) is 1.44. The number of thiophene rings is 1. The van der Waals surface area contributed by atoms with Crippen molar-refractivity contribution in [1.29, 1.82) is 0 Å². The summed E-state index contributed by atoms with van der Waals surface area (Å²) in [5, 5.41) is 5.38. The van der Waals surface area contributed by atoms with Crippen molar-refractivity contribution in [3.05, 3.63) is 58.7 Å². The summed E-state index contributed by atoms with van der Waals surface area (Å²) in [4.78, 5) is 29.5. The highest BCUT2D eigenvalue weighted by molar-refractivity contribution is 7.99. The lowest BCUT2D eigenvalue weighted by Gasteiger charge is -2.07. The van der Waals surface area contributed by atoms with E-state index in [1.165, 1.54) is 11.3 Å². The number of nitrogens with one attached hydrogen (secondary N) is 1. The van der Waals surface area contributed by atoms with Crippen molar-refractivity contribution in [2.24, 2.45) is 0 Å². The highest BCUT2D eigenvalue weighted by Crippen LogP contribution is 2.31. The van der Waals surface area contributed by atoms with Gasteiger partial charge in [-0.15, -0.1) is 17.9 Å². The number of rotatable bonds is 6. The summed E-state index contributed by atoms with van der Waals surface area (Å²) < 4.78 is 1.01. The van der Waals surface area contributed by atoms with Crippen LogP contribution in [0.3, 0.4) is 0 Å². The Labute approximate surface area is 152 Å². The van der Waals surface area contributed by atoms with Gasteiger partial charge in [-0.25, -0.2) is 9.66 Å². The Balaban J connectivity index is 1.94. The molecule has 6 nitrogen and oxygen atoms in total. The minimum absolute atomic E-state index is 0.125. The first kappa shape index (κ1) is 17.2. The van der Waals surface area contributed by atoms with Crippen LogP contribution in [0.25, 0.3) is 21.3 Å². The second-order valence-electron chi connectivity index (χ2n) is 5.15. The minimum Gasteiger partial charge on any atom is -0.352 e. The quantitative estimate of drug-likeness (QED) is 0.300. The number of nitrogen functional groups attached to an aromatic ring is 1. The molecule has 8 heteroatoms. The third-order valence-corrected chi connectivity index (χ3v) is 5.29. The Bertz CT molecular complexity index is 979. The molecular formula is C17H16N4O2S2. The standard InChI is InChI=1S/C17H16N4O2S2/c1-2-8-19-13(22)10-25-17-20-15-14(16(23)21(17)18)12(9-24-15)11-6-4-3-5-7-11/h2-7,9H,1,8,10,18H2,(H,19,22). The van der Waals surface area contributed by atoms with Gasteiger partial charge in [0.2, 0.25) is 5.91 Å². The molecule has 2 heterocycles. The zero-order chi connectivity index (χ0) is 17.8. The first-order valence-corrected chi connectivity index (χ1v) is 9.33. The summed E-state index contributed by atoms with van der Waals surface area (Å²) in [5.74, 6) is 5.87. The number of aromatic nitrogens is 2. The molecule has 128 valence electrons. The molecule has 25 heavy (non-hydrogen) atoms. The van der Waals surface area contributed by atoms with Crippen LogP contribution in [0.4, 0.5) is 0 Å². The first-order chi connectivity index (χ1) is 12.1. The molecule has 0 atom stereocenters. The van der Waals surface area contributed by atoms with Crippen LogP contribution in [0, 0.1) is 0 Å². The summed E-state index contributed by atoms with van der Waals surface area (Å²) in [6.07, 6.45) is 1.60. The number of benzene rings is 1. The molecule has 1 amide bonds. The lowest BCUT2D eigenvalue weighted by atomic mass is 10.1. The van der Waals surface area contributed by atoms with Crippen LogP contribution in [-0.2, 0) is 4.79 Å². The smallest absolute Gasteiger partial charge is 0.282 e. The van der Waals surface area contributed by atoms with Gasteiger partial charge in [0, 0.05) is 17.5 Å². The monoisotopic (exact) mass is 372 g/mol. The van der Waals surface area contributed by atoms with Gasteiger partial charge in [0.25, 0.3) is 5.56 Å². The molecule has 0 fully saturated rings. The Hall–Kier alpha value is -2.58. The zero-order valence-corrected chi connectivity index (χ0v) is 14.9. The molecule has 0 radical (unpaired) electrons. The highest BCUT2D eigenvalue weighted by atomic mass is 32.2. The van der Waals surface area contributed by atoms with Crippen LogP contribution in [0.1, 0.15) is 0 Å². The Morgan fingerprint density at radius 2 is 2.16 bits per heavy atom. The average molecular weight is 372 g/mol. The van der Waals surface area contributed by atoms with Crippen molar-refractivity contribution < 1.29 is 4.79 Å². The molecule has 0 aliphatic heterocycles. The molecule has 0 unspecified atom stereocenters. The van der Waals surface area contributed by atoms with E-state index in [9.17, 15) is 9.59 Å². The van der Waals surface area contributed by atoms with Crippen LogP contribution in [0.15, 0.2) is 58.3 Å². The van der Waals surface area contributed by atoms with E-state index in [1.807, 2.05) is 35.7 Å². The molecule has 0 aliphatic rings. The molecule has 3 rings (SSSR count). The van der Waals surface area contributed by atoms with Gasteiger partial charge >= 0.3 is 0 Å². The highest BCUT2D eigenvalue weighted by Gasteiger charge is 2.16. The molecular weight excluding hydrogens is 356 g/mol. The van der Waals surface area contributed by atoms with Gasteiger partial charge in [-0.1, -0.05) is 48.2 Å². The molecule has 3 aromatic rings. The number of hydrogen-bond donors (Lipinski definition) is 2. The number of nitrogens with zero attached hydrogens (tertiary/aromatic N) is 2. The second-order valence-corrected chi connectivity index (χ2v) is 6.95. The summed E-state index contributed by atoms with van der Waals surface area (Å²) in [7, 11) is 0. The van der Waals surface area contributed by atoms with Crippen molar-refractivity contribution in [3.63, 3.8) is 0 Å². The van der Waals surface area contributed by atoms with Crippen LogP contribution in [-0.4, -0.2) is 27.9 Å². The van der Waals surface area contributed by atoms with Crippen LogP contribution < -0.4 is 16.7 Å². The number of nitrogens with two attached hydrogens (primary N) is 1. The summed E-state index contributed by atoms with van der Waals surface area (Å²) in [6.45, 7) is 3.94. The van der Waals surface area contributed by atoms with Crippen molar-refractivity contribution in [2.45, 2.75) is 5.16 Å². The number of carbonyl (C=O) groups excluding carboxylic acids is 1. The van der Waals surface area contributed by atoms with Crippen molar-refractivity contribution in [3.8, 4) is 11.1 Å². The fourth-order valence-corrected chi connectivity index (χ4v) is 4.02. The number of amides is 1. The molecule has 3 N–H and O–H groups in total. The van der Waals surface area contributed by atoms with Crippen LogP contribution in [0.5, 0.6) is 0 Å². The second kappa shape index (κ2) is 7.54.